The average Bonchev–Trinajstić information content (AvgIpc) is 4.33. The molecule has 0 bridgehead atoms. The second-order valence-corrected chi connectivity index (χ2v) is 22.7. The second kappa shape index (κ2) is 32.4. The van der Waals surface area contributed by atoms with Crippen molar-refractivity contribution in [2.45, 2.75) is 193 Å². The molecule has 0 aliphatic carbocycles. The molecular weight excluding hydrogens is 1060 g/mol. The van der Waals surface area contributed by atoms with Gasteiger partial charge in [0, 0.05) is 84.2 Å². The van der Waals surface area contributed by atoms with Crippen molar-refractivity contribution in [1.82, 2.24) is 29.7 Å². The number of aromatic nitrogens is 4. The van der Waals surface area contributed by atoms with Gasteiger partial charge in [-0.1, -0.05) is 39.1 Å². The van der Waals surface area contributed by atoms with Crippen molar-refractivity contribution in [3.05, 3.63) is 72.1 Å². The number of ether oxygens (including phenoxy) is 4. The molecule has 0 saturated carbocycles. The van der Waals surface area contributed by atoms with Crippen LogP contribution >= 0.6 is 0 Å². The van der Waals surface area contributed by atoms with Crippen molar-refractivity contribution < 1.29 is 42.9 Å². The summed E-state index contributed by atoms with van der Waals surface area (Å²) < 4.78 is 22.6. The number of esters is 2. The first-order valence-electron chi connectivity index (χ1n) is 28.7. The van der Waals surface area contributed by atoms with Crippen LogP contribution in [0, 0.1) is 0 Å². The number of likely N-dealkylation sites (tertiary alicyclic amines) is 2. The van der Waals surface area contributed by atoms with E-state index in [1.54, 1.807) is 51.4 Å². The van der Waals surface area contributed by atoms with Crippen LogP contribution in [0.1, 0.15) is 156 Å². The Hall–Kier alpha value is -7.45. The Bertz CT molecular complexity index is 2670. The van der Waals surface area contributed by atoms with Crippen molar-refractivity contribution in [2.24, 2.45) is 0 Å². The van der Waals surface area contributed by atoms with Crippen LogP contribution in [0.2, 0.25) is 0 Å². The first-order chi connectivity index (χ1) is 38.3. The van der Waals surface area contributed by atoms with Gasteiger partial charge in [-0.25, -0.2) is 29.1 Å². The first-order valence-corrected chi connectivity index (χ1v) is 28.7. The quantitative estimate of drug-likeness (QED) is 0.0622. The maximum absolute atomic E-state index is 13.5. The van der Waals surface area contributed by atoms with Gasteiger partial charge in [-0.05, 0) is 158 Å². The van der Waals surface area contributed by atoms with Gasteiger partial charge in [-0.2, -0.15) is 9.97 Å². The molecule has 4 heterocycles. The summed E-state index contributed by atoms with van der Waals surface area (Å²) in [6, 6.07) is 12.8. The molecule has 21 heteroatoms. The number of nitrogens with one attached hydrogen (secondary N) is 3. The van der Waals surface area contributed by atoms with Crippen molar-refractivity contribution in [1.29, 1.82) is 0 Å². The molecule has 0 unspecified atom stereocenters. The van der Waals surface area contributed by atoms with E-state index < -0.39 is 29.3 Å². The number of carbonyl (C=O) groups is 5. The third-order valence-electron chi connectivity index (χ3n) is 13.1. The molecule has 460 valence electrons. The van der Waals surface area contributed by atoms with E-state index in [-0.39, 0.29) is 57.4 Å². The van der Waals surface area contributed by atoms with Crippen LogP contribution in [0.15, 0.2) is 60.9 Å². The van der Waals surface area contributed by atoms with E-state index in [0.29, 0.717) is 79.0 Å². The average molecular weight is 1160 g/mol. The van der Waals surface area contributed by atoms with Gasteiger partial charge in [0.15, 0.2) is 11.6 Å². The minimum atomic E-state index is -0.832. The SMILES string of the molecule is C.C.CCN(CC)c1ncc(N(C(C)=O)C(C)C)c(N[C@@H](Cc2ccc(OC(=O)N3CCCC3)cc2)C(=O)OC(C)(C)C)n1.CCN(CC)c1ncc(NC(C)C)c(N[C@@H](Cc2ccc(OC(=O)N3CCCC3)cc2)C(=O)OC(C)(C)C)n1. The Labute approximate surface area is 495 Å². The Kier molecular flexibility index (Phi) is 27.3. The van der Waals surface area contributed by atoms with Crippen LogP contribution < -0.4 is 40.1 Å². The third-order valence-corrected chi connectivity index (χ3v) is 13.1. The molecule has 0 spiro atoms. The maximum Gasteiger partial charge on any atom is 0.415 e. The largest absolute Gasteiger partial charge is 0.458 e. The van der Waals surface area contributed by atoms with E-state index in [0.717, 1.165) is 63.0 Å². The number of rotatable bonds is 22. The highest BCUT2D eigenvalue weighted by Crippen LogP contribution is 2.31. The molecule has 2 aliphatic heterocycles. The van der Waals surface area contributed by atoms with E-state index in [2.05, 4.69) is 44.7 Å². The Morgan fingerprint density at radius 1 is 0.566 bits per heavy atom. The van der Waals surface area contributed by atoms with Gasteiger partial charge in [-0.15, -0.1) is 0 Å². The molecule has 2 aromatic carbocycles. The highest BCUT2D eigenvalue weighted by atomic mass is 16.6. The van der Waals surface area contributed by atoms with Gasteiger partial charge in [-0.3, -0.25) is 4.79 Å². The predicted molar refractivity (Wildman–Crippen MR) is 332 cm³/mol. The molecule has 6 rings (SSSR count). The van der Waals surface area contributed by atoms with Crippen LogP contribution in [0.3, 0.4) is 0 Å². The van der Waals surface area contributed by atoms with E-state index in [1.807, 2.05) is 112 Å². The zero-order chi connectivity index (χ0) is 59.6. The van der Waals surface area contributed by atoms with Gasteiger partial charge in [0.25, 0.3) is 0 Å². The summed E-state index contributed by atoms with van der Waals surface area (Å²) in [7, 11) is 0. The summed E-state index contributed by atoms with van der Waals surface area (Å²) >= 11 is 0. The summed E-state index contributed by atoms with van der Waals surface area (Å²) in [6.07, 6.45) is 7.29. The molecule has 21 nitrogen and oxygen atoms in total. The fraction of sp³-hybridized carbons (Fsp3) is 0.597. The summed E-state index contributed by atoms with van der Waals surface area (Å²) in [5.74, 6) is 1.88. The van der Waals surface area contributed by atoms with E-state index in [9.17, 15) is 24.0 Å². The third kappa shape index (κ3) is 21.7. The molecule has 2 atom stereocenters. The summed E-state index contributed by atoms with van der Waals surface area (Å²) in [5, 5.41) is 10.0. The molecule has 3 N–H and O–H groups in total. The van der Waals surface area contributed by atoms with Gasteiger partial charge >= 0.3 is 24.1 Å². The van der Waals surface area contributed by atoms with Gasteiger partial charge < -0.3 is 59.4 Å². The Morgan fingerprint density at radius 2 is 0.940 bits per heavy atom. The smallest absolute Gasteiger partial charge is 0.415 e. The maximum atomic E-state index is 13.5. The van der Waals surface area contributed by atoms with E-state index in [1.165, 1.54) is 6.92 Å². The van der Waals surface area contributed by atoms with Crippen molar-refractivity contribution in [3.8, 4) is 11.5 Å². The monoisotopic (exact) mass is 1150 g/mol. The molecule has 2 saturated heterocycles. The topological polar surface area (TPSA) is 226 Å². The van der Waals surface area contributed by atoms with Crippen LogP contribution in [0.5, 0.6) is 11.5 Å². The highest BCUT2D eigenvalue weighted by Gasteiger charge is 2.31. The number of nitrogens with zero attached hydrogens (tertiary/aromatic N) is 9. The van der Waals surface area contributed by atoms with Crippen molar-refractivity contribution >= 4 is 64.9 Å². The van der Waals surface area contributed by atoms with Crippen LogP contribution in [0.4, 0.5) is 44.5 Å². The van der Waals surface area contributed by atoms with Crippen LogP contribution in [-0.2, 0) is 36.7 Å². The van der Waals surface area contributed by atoms with Gasteiger partial charge in [0.1, 0.15) is 40.5 Å². The molecular formula is C62H98N12O9. The van der Waals surface area contributed by atoms with E-state index >= 15 is 0 Å². The number of anilines is 6. The second-order valence-electron chi connectivity index (χ2n) is 22.7. The van der Waals surface area contributed by atoms with Crippen molar-refractivity contribution in [3.63, 3.8) is 0 Å². The number of benzene rings is 2. The number of carbonyl (C=O) groups excluding carboxylic acids is 5. The van der Waals surface area contributed by atoms with Crippen LogP contribution in [0.25, 0.3) is 0 Å². The van der Waals surface area contributed by atoms with Gasteiger partial charge in [0.2, 0.25) is 17.8 Å². The fourth-order valence-electron chi connectivity index (χ4n) is 9.13. The standard InChI is InChI=1S/C31H46N6O5.C29H44N6O4.2CH4/c1-9-35(10-2)29-32-20-26(37(21(3)4)22(5)38)27(34-29)33-25(28(39)42-31(6,7)8)19-23-13-15-24(16-14-23)41-30(40)36-17-11-12-18-36;1-8-34(9-2)27-30-19-24(31-20(3)4)25(33-27)32-23(26(36)39-29(5,6)7)18-21-12-14-22(15-13-21)38-28(37)35-16-10-11-17-35;;/h13-16,20-21,25H,9-12,17-19H2,1-8H3,(H,32,33,34);12-15,19-20,23,31H,8-11,16-18H2,1-7H3,(H,30,32,33);2*1H4/t25-;23-;;/m00../s1. The lowest BCUT2D eigenvalue weighted by atomic mass is 10.0. The Balaban J connectivity index is 0.000000426. The normalized spacial score (nSPS) is 13.7. The fourth-order valence-corrected chi connectivity index (χ4v) is 9.13. The summed E-state index contributed by atoms with van der Waals surface area (Å²) in [4.78, 5) is 92.0. The Morgan fingerprint density at radius 3 is 1.29 bits per heavy atom. The lowest BCUT2D eigenvalue weighted by Gasteiger charge is -2.30. The van der Waals surface area contributed by atoms with Crippen LogP contribution in [-0.4, -0.2) is 147 Å². The molecule has 0 radical (unpaired) electrons. The first kappa shape index (κ1) is 69.8. The predicted octanol–water partition coefficient (Wildman–Crippen LogP) is 11.4. The molecule has 2 aliphatic rings. The zero-order valence-corrected chi connectivity index (χ0v) is 50.7. The highest BCUT2D eigenvalue weighted by molar-refractivity contribution is 5.95. The molecule has 3 amide bonds. The number of amides is 3. The lowest BCUT2D eigenvalue weighted by Crippen LogP contribution is -2.40. The molecule has 2 fully saturated rings. The van der Waals surface area contributed by atoms with E-state index in [4.69, 9.17) is 28.9 Å². The zero-order valence-electron chi connectivity index (χ0n) is 50.7. The minimum absolute atomic E-state index is 0. The molecule has 2 aromatic heterocycles. The number of hydrogen-bond donors (Lipinski definition) is 3. The lowest BCUT2D eigenvalue weighted by molar-refractivity contribution is -0.156. The van der Waals surface area contributed by atoms with Crippen molar-refractivity contribution in [2.75, 3.05) is 83.0 Å². The summed E-state index contributed by atoms with van der Waals surface area (Å²) in [6.45, 7) is 34.3. The van der Waals surface area contributed by atoms with Gasteiger partial charge in [0.05, 0.1) is 18.1 Å². The molecule has 4 aromatic rings. The molecule has 83 heavy (non-hydrogen) atoms. The summed E-state index contributed by atoms with van der Waals surface area (Å²) in [5.41, 5.74) is 1.53. The minimum Gasteiger partial charge on any atom is -0.458 e. The number of hydrogen-bond acceptors (Lipinski definition) is 18.